The topological polar surface area (TPSA) is 25.4 Å². The van der Waals surface area contributed by atoms with Crippen LogP contribution in [0.1, 0.15) is 16.8 Å². The monoisotopic (exact) mass is 380 g/mol. The number of nitrogens with zero attached hydrogens (tertiary/aromatic N) is 2. The Balaban J connectivity index is 1.56. The maximum absolute atomic E-state index is 6.30. The molecule has 3 heteroatoms. The van der Waals surface area contributed by atoms with Crippen molar-refractivity contribution in [1.29, 1.82) is 0 Å². The van der Waals surface area contributed by atoms with Crippen molar-refractivity contribution in [3.63, 3.8) is 0 Å². The van der Waals surface area contributed by atoms with E-state index in [9.17, 15) is 0 Å². The van der Waals surface area contributed by atoms with Crippen LogP contribution in [0.4, 0.5) is 5.69 Å². The Hall–Kier alpha value is -3.33. The van der Waals surface area contributed by atoms with Gasteiger partial charge in [0, 0.05) is 18.8 Å². The van der Waals surface area contributed by atoms with E-state index in [4.69, 9.17) is 9.72 Å². The van der Waals surface area contributed by atoms with Crippen LogP contribution in [0.25, 0.3) is 10.9 Å². The Morgan fingerprint density at radius 3 is 2.45 bits per heavy atom. The second-order valence-corrected chi connectivity index (χ2v) is 7.56. The van der Waals surface area contributed by atoms with Gasteiger partial charge in [0.25, 0.3) is 0 Å². The number of benzene rings is 3. The van der Waals surface area contributed by atoms with Crippen molar-refractivity contribution in [1.82, 2.24) is 4.98 Å². The van der Waals surface area contributed by atoms with E-state index in [1.165, 1.54) is 16.8 Å². The first-order valence-electron chi connectivity index (χ1n) is 10.2. The molecule has 0 saturated heterocycles. The fourth-order valence-corrected chi connectivity index (χ4v) is 4.26. The Morgan fingerprint density at radius 2 is 1.66 bits per heavy atom. The number of anilines is 1. The van der Waals surface area contributed by atoms with Crippen LogP contribution in [0.2, 0.25) is 0 Å². The number of rotatable bonds is 5. The molecule has 2 heterocycles. The molecule has 29 heavy (non-hydrogen) atoms. The first-order chi connectivity index (χ1) is 14.3. The summed E-state index contributed by atoms with van der Waals surface area (Å²) >= 11 is 0. The fraction of sp³-hybridized carbons (Fsp3) is 0.192. The second-order valence-electron chi connectivity index (χ2n) is 7.56. The summed E-state index contributed by atoms with van der Waals surface area (Å²) in [7, 11) is 0. The quantitative estimate of drug-likeness (QED) is 0.428. The summed E-state index contributed by atoms with van der Waals surface area (Å²) in [6.07, 6.45) is 2.07. The lowest BCUT2D eigenvalue weighted by Gasteiger charge is -2.23. The van der Waals surface area contributed by atoms with Crippen molar-refractivity contribution in [2.24, 2.45) is 0 Å². The van der Waals surface area contributed by atoms with Gasteiger partial charge in [-0.1, -0.05) is 54.6 Å². The SMILES string of the molecule is Cc1nc2cccc(Oc3ccccc3)c2c2c1CCN2CCc1ccccc1. The Labute approximate surface area is 171 Å². The zero-order valence-electron chi connectivity index (χ0n) is 16.6. The van der Waals surface area contributed by atoms with Gasteiger partial charge in [0.1, 0.15) is 11.5 Å². The average molecular weight is 380 g/mol. The molecule has 0 unspecified atom stereocenters. The molecule has 3 aromatic carbocycles. The van der Waals surface area contributed by atoms with E-state index < -0.39 is 0 Å². The van der Waals surface area contributed by atoms with Gasteiger partial charge in [0.05, 0.1) is 16.6 Å². The van der Waals surface area contributed by atoms with Crippen molar-refractivity contribution in [2.75, 3.05) is 18.0 Å². The average Bonchev–Trinajstić information content (AvgIpc) is 3.19. The van der Waals surface area contributed by atoms with Crippen LogP contribution >= 0.6 is 0 Å². The van der Waals surface area contributed by atoms with Gasteiger partial charge in [0.15, 0.2) is 0 Å². The summed E-state index contributed by atoms with van der Waals surface area (Å²) in [5, 5.41) is 1.13. The van der Waals surface area contributed by atoms with Gasteiger partial charge in [0.2, 0.25) is 0 Å². The number of aromatic nitrogens is 1. The van der Waals surface area contributed by atoms with E-state index in [0.29, 0.717) is 0 Å². The molecule has 1 aliphatic heterocycles. The minimum Gasteiger partial charge on any atom is -0.457 e. The van der Waals surface area contributed by atoms with E-state index in [-0.39, 0.29) is 0 Å². The minimum atomic E-state index is 0.850. The summed E-state index contributed by atoms with van der Waals surface area (Å²) in [4.78, 5) is 7.41. The Kier molecular flexibility index (Phi) is 4.65. The highest BCUT2D eigenvalue weighted by Gasteiger charge is 2.26. The molecule has 144 valence electrons. The van der Waals surface area contributed by atoms with E-state index in [1.807, 2.05) is 36.4 Å². The molecule has 0 radical (unpaired) electrons. The summed E-state index contributed by atoms with van der Waals surface area (Å²) < 4.78 is 6.30. The number of hydrogen-bond acceptors (Lipinski definition) is 3. The lowest BCUT2D eigenvalue weighted by molar-refractivity contribution is 0.488. The van der Waals surface area contributed by atoms with Gasteiger partial charge >= 0.3 is 0 Å². The largest absolute Gasteiger partial charge is 0.457 e. The molecular weight excluding hydrogens is 356 g/mol. The maximum Gasteiger partial charge on any atom is 0.138 e. The highest BCUT2D eigenvalue weighted by molar-refractivity contribution is 5.99. The molecule has 0 aliphatic carbocycles. The Morgan fingerprint density at radius 1 is 0.897 bits per heavy atom. The van der Waals surface area contributed by atoms with Gasteiger partial charge in [-0.25, -0.2) is 0 Å². The van der Waals surface area contributed by atoms with E-state index in [0.717, 1.165) is 54.0 Å². The molecule has 0 spiro atoms. The zero-order chi connectivity index (χ0) is 19.6. The molecule has 0 N–H and O–H groups in total. The summed E-state index contributed by atoms with van der Waals surface area (Å²) in [5.41, 5.74) is 6.16. The first-order valence-corrected chi connectivity index (χ1v) is 10.2. The fourth-order valence-electron chi connectivity index (χ4n) is 4.26. The number of pyridine rings is 1. The highest BCUT2D eigenvalue weighted by Crippen LogP contribution is 2.42. The van der Waals surface area contributed by atoms with Crippen LogP contribution < -0.4 is 9.64 Å². The lowest BCUT2D eigenvalue weighted by Crippen LogP contribution is -2.23. The smallest absolute Gasteiger partial charge is 0.138 e. The van der Waals surface area contributed by atoms with Crippen LogP contribution in [-0.4, -0.2) is 18.1 Å². The summed E-state index contributed by atoms with van der Waals surface area (Å²) in [5.74, 6) is 1.73. The molecular formula is C26H24N2O. The Bertz CT molecular complexity index is 1140. The third-order valence-corrected chi connectivity index (χ3v) is 5.68. The normalized spacial score (nSPS) is 12.9. The lowest BCUT2D eigenvalue weighted by atomic mass is 10.1. The minimum absolute atomic E-state index is 0.850. The van der Waals surface area contributed by atoms with Crippen molar-refractivity contribution >= 4 is 16.6 Å². The van der Waals surface area contributed by atoms with E-state index in [1.54, 1.807) is 0 Å². The summed E-state index contributed by atoms with van der Waals surface area (Å²) in [6, 6.07) is 26.9. The number of aryl methyl sites for hydroxylation is 1. The molecule has 5 rings (SSSR count). The molecule has 3 nitrogen and oxygen atoms in total. The van der Waals surface area contributed by atoms with Crippen molar-refractivity contribution in [3.8, 4) is 11.5 Å². The first kappa shape index (κ1) is 17.7. The predicted molar refractivity (Wildman–Crippen MR) is 119 cm³/mol. The third-order valence-electron chi connectivity index (χ3n) is 5.68. The molecule has 0 saturated carbocycles. The van der Waals surface area contributed by atoms with Gasteiger partial charge in [-0.2, -0.15) is 0 Å². The van der Waals surface area contributed by atoms with E-state index in [2.05, 4.69) is 54.3 Å². The molecule has 0 bridgehead atoms. The standard InChI is InChI=1S/C26H24N2O/c1-19-22-16-18-28(17-15-20-9-4-2-5-10-20)26(22)25-23(27-19)13-8-14-24(25)29-21-11-6-3-7-12-21/h2-14H,15-18H2,1H3. The molecule has 0 atom stereocenters. The molecule has 0 fully saturated rings. The zero-order valence-corrected chi connectivity index (χ0v) is 16.6. The second kappa shape index (κ2) is 7.59. The van der Waals surface area contributed by atoms with Crippen LogP contribution in [0.15, 0.2) is 78.9 Å². The summed E-state index contributed by atoms with van der Waals surface area (Å²) in [6.45, 7) is 4.16. The molecule has 0 amide bonds. The predicted octanol–water partition coefficient (Wildman–Crippen LogP) is 5.94. The number of ether oxygens (including phenoxy) is 1. The molecule has 1 aliphatic rings. The van der Waals surface area contributed by atoms with Gasteiger partial charge < -0.3 is 9.64 Å². The third kappa shape index (κ3) is 3.44. The highest BCUT2D eigenvalue weighted by atomic mass is 16.5. The van der Waals surface area contributed by atoms with Gasteiger partial charge in [-0.3, -0.25) is 4.98 Å². The van der Waals surface area contributed by atoms with Crippen molar-refractivity contribution in [3.05, 3.63) is 95.7 Å². The van der Waals surface area contributed by atoms with E-state index >= 15 is 0 Å². The van der Waals surface area contributed by atoms with Crippen molar-refractivity contribution < 1.29 is 4.74 Å². The number of hydrogen-bond donors (Lipinski definition) is 0. The van der Waals surface area contributed by atoms with Crippen LogP contribution in [0.5, 0.6) is 11.5 Å². The maximum atomic E-state index is 6.30. The van der Waals surface area contributed by atoms with Crippen LogP contribution in [0.3, 0.4) is 0 Å². The van der Waals surface area contributed by atoms with Gasteiger partial charge in [-0.05, 0) is 55.2 Å². The number of para-hydroxylation sites is 1. The van der Waals surface area contributed by atoms with Crippen LogP contribution in [-0.2, 0) is 12.8 Å². The molecule has 1 aromatic heterocycles. The number of fused-ring (bicyclic) bond motifs is 3. The van der Waals surface area contributed by atoms with Crippen LogP contribution in [0, 0.1) is 6.92 Å². The molecule has 4 aromatic rings. The van der Waals surface area contributed by atoms with Crippen molar-refractivity contribution in [2.45, 2.75) is 19.8 Å². The van der Waals surface area contributed by atoms with Gasteiger partial charge in [-0.15, -0.1) is 0 Å².